The number of aryl methyl sites for hydroxylation is 4. The van der Waals surface area contributed by atoms with Crippen molar-refractivity contribution in [2.24, 2.45) is 0 Å². The molecule has 4 amide bonds. The summed E-state index contributed by atoms with van der Waals surface area (Å²) < 4.78 is 22.1. The number of hydrogen-bond donors (Lipinski definition) is 4. The molecule has 0 saturated carbocycles. The maximum absolute atomic E-state index is 12.7. The first-order chi connectivity index (χ1) is 39.9. The van der Waals surface area contributed by atoms with Crippen molar-refractivity contribution >= 4 is 91.8 Å². The molecular formula is C60H72N14O8. The van der Waals surface area contributed by atoms with Crippen LogP contribution in [-0.4, -0.2) is 140 Å². The number of fused-ring (bicyclic) bond motifs is 4. The van der Waals surface area contributed by atoms with Crippen LogP contribution in [0.1, 0.15) is 87.0 Å². The number of pyridine rings is 8. The maximum Gasteiger partial charge on any atom is 0.412 e. The quantitative estimate of drug-likeness (QED) is 0.0251. The second-order valence-electron chi connectivity index (χ2n) is 20.0. The highest BCUT2D eigenvalue weighted by atomic mass is 16.6. The van der Waals surface area contributed by atoms with E-state index in [2.05, 4.69) is 70.9 Å². The van der Waals surface area contributed by atoms with Gasteiger partial charge in [0, 0.05) is 70.5 Å². The predicted octanol–water partition coefficient (Wildman–Crippen LogP) is 11.5. The Morgan fingerprint density at radius 2 is 0.524 bits per heavy atom. The first-order valence-electron chi connectivity index (χ1n) is 28.0. The third-order valence-electron chi connectivity index (χ3n) is 13.3. The van der Waals surface area contributed by atoms with Crippen LogP contribution in [0.2, 0.25) is 0 Å². The standard InChI is InChI=1S/C60H72N14O8/c1-41-15-19-45-23-27-49(65-53(45)61-41)69-57(75)79-37-11-33-73(34-12-38-80-58(76)70-50-28-24-46-20-16-42(2)62-54(46)66-50)31-9-7-5-6-8-10-32-74(35-13-39-81-59(77)71-51-29-25-47-21-17-43(3)63-55(47)67-51)36-14-40-82-60(78)72-52-30-26-48-22-18-44(4)64-56(48)68-52/h15-30H,5-14,31-40H2,1-4H3,(H,61,65,69,75)(H,62,66,70,76)(H,63,67,71,77)(H,64,68,72,78). The molecular weight excluding hydrogens is 1040 g/mol. The lowest BCUT2D eigenvalue weighted by atomic mass is 10.1. The molecule has 0 aliphatic rings. The number of amides is 4. The van der Waals surface area contributed by atoms with E-state index in [0.717, 1.165) is 95.9 Å². The van der Waals surface area contributed by atoms with Gasteiger partial charge in [0.15, 0.2) is 22.6 Å². The summed E-state index contributed by atoms with van der Waals surface area (Å²) in [5, 5.41) is 14.3. The van der Waals surface area contributed by atoms with Crippen LogP contribution in [0.5, 0.6) is 0 Å². The van der Waals surface area contributed by atoms with Crippen molar-refractivity contribution in [2.45, 2.75) is 91.9 Å². The van der Waals surface area contributed by atoms with Crippen molar-refractivity contribution < 1.29 is 38.1 Å². The van der Waals surface area contributed by atoms with Crippen LogP contribution in [0.25, 0.3) is 44.1 Å². The van der Waals surface area contributed by atoms with Crippen LogP contribution in [0.15, 0.2) is 97.1 Å². The number of carbonyl (C=O) groups excluding carboxylic acids is 4. The Morgan fingerprint density at radius 1 is 0.305 bits per heavy atom. The molecule has 0 bridgehead atoms. The predicted molar refractivity (Wildman–Crippen MR) is 316 cm³/mol. The molecule has 0 saturated heterocycles. The van der Waals surface area contributed by atoms with E-state index in [-0.39, 0.29) is 26.4 Å². The fourth-order valence-electron chi connectivity index (χ4n) is 9.08. The number of aromatic nitrogens is 8. The van der Waals surface area contributed by atoms with Crippen molar-refractivity contribution in [1.29, 1.82) is 0 Å². The van der Waals surface area contributed by atoms with Crippen molar-refractivity contribution in [3.8, 4) is 0 Å². The topological polar surface area (TPSA) is 263 Å². The molecule has 430 valence electrons. The molecule has 0 atom stereocenters. The van der Waals surface area contributed by atoms with E-state index in [9.17, 15) is 19.2 Å². The number of hydrogen-bond acceptors (Lipinski definition) is 18. The normalized spacial score (nSPS) is 11.3. The smallest absolute Gasteiger partial charge is 0.412 e. The van der Waals surface area contributed by atoms with E-state index >= 15 is 0 Å². The van der Waals surface area contributed by atoms with Crippen LogP contribution in [0, 0.1) is 27.7 Å². The van der Waals surface area contributed by atoms with Gasteiger partial charge in [-0.25, -0.2) is 59.0 Å². The molecule has 8 rings (SSSR count). The Bertz CT molecular complexity index is 3000. The number of anilines is 4. The SMILES string of the molecule is Cc1ccc2ccc(NC(=O)OCCCN(CCCCCCCCN(CCCOC(=O)Nc3ccc4ccc(C)nc4n3)CCCOC(=O)Nc3ccc4ccc(C)nc4n3)CCCOC(=O)Nc3ccc4ccc(C)nc4n3)nc2n1. The molecule has 22 heteroatoms. The van der Waals surface area contributed by atoms with Gasteiger partial charge in [0.25, 0.3) is 0 Å². The van der Waals surface area contributed by atoms with Crippen molar-refractivity contribution in [2.75, 3.05) is 87.0 Å². The zero-order valence-corrected chi connectivity index (χ0v) is 47.1. The molecule has 0 fully saturated rings. The molecule has 0 aliphatic carbocycles. The summed E-state index contributed by atoms with van der Waals surface area (Å²) in [4.78, 5) is 91.1. The molecule has 0 spiro atoms. The van der Waals surface area contributed by atoms with Gasteiger partial charge in [0.2, 0.25) is 0 Å². The van der Waals surface area contributed by atoms with Gasteiger partial charge in [-0.1, -0.05) is 25.7 Å². The fourth-order valence-corrected chi connectivity index (χ4v) is 9.08. The van der Waals surface area contributed by atoms with Crippen molar-refractivity contribution in [3.05, 3.63) is 120 Å². The van der Waals surface area contributed by atoms with Gasteiger partial charge >= 0.3 is 24.4 Å². The lowest BCUT2D eigenvalue weighted by Gasteiger charge is -2.23. The van der Waals surface area contributed by atoms with Crippen LogP contribution in [0.3, 0.4) is 0 Å². The first kappa shape index (κ1) is 59.4. The zero-order valence-electron chi connectivity index (χ0n) is 47.1. The molecule has 8 aromatic rings. The van der Waals surface area contributed by atoms with E-state index in [1.54, 1.807) is 24.3 Å². The molecule has 82 heavy (non-hydrogen) atoms. The monoisotopic (exact) mass is 1120 g/mol. The maximum atomic E-state index is 12.7. The van der Waals surface area contributed by atoms with Gasteiger partial charge in [0.05, 0.1) is 26.4 Å². The third kappa shape index (κ3) is 19.5. The number of ether oxygens (including phenoxy) is 4. The Hall–Kier alpha value is -8.76. The van der Waals surface area contributed by atoms with Crippen molar-refractivity contribution in [1.82, 2.24) is 49.7 Å². The molecule has 0 aliphatic heterocycles. The average Bonchev–Trinajstić information content (AvgIpc) is 3.46. The summed E-state index contributed by atoms with van der Waals surface area (Å²) in [6.07, 6.45) is 6.22. The minimum atomic E-state index is -0.587. The molecule has 8 aromatic heterocycles. The fraction of sp³-hybridized carbons (Fsp3) is 0.400. The lowest BCUT2D eigenvalue weighted by molar-refractivity contribution is 0.141. The Kier molecular flexibility index (Phi) is 22.2. The summed E-state index contributed by atoms with van der Waals surface area (Å²) >= 11 is 0. The average molecular weight is 1120 g/mol. The van der Waals surface area contributed by atoms with Crippen LogP contribution < -0.4 is 21.3 Å². The minimum absolute atomic E-state index is 0.213. The second-order valence-corrected chi connectivity index (χ2v) is 20.0. The molecule has 0 unspecified atom stereocenters. The summed E-state index contributed by atoms with van der Waals surface area (Å²) in [5.74, 6) is 1.46. The van der Waals surface area contributed by atoms with Gasteiger partial charge < -0.3 is 28.7 Å². The van der Waals surface area contributed by atoms with E-state index < -0.39 is 24.4 Å². The number of carbonyl (C=O) groups is 4. The third-order valence-corrected chi connectivity index (χ3v) is 13.3. The van der Waals surface area contributed by atoms with E-state index in [4.69, 9.17) is 18.9 Å². The second kappa shape index (κ2) is 30.7. The summed E-state index contributed by atoms with van der Waals surface area (Å²) in [5.41, 5.74) is 5.52. The molecule has 22 nitrogen and oxygen atoms in total. The van der Waals surface area contributed by atoms with Crippen LogP contribution in [-0.2, 0) is 18.9 Å². The molecule has 4 N–H and O–H groups in total. The first-order valence-corrected chi connectivity index (χ1v) is 28.0. The summed E-state index contributed by atoms with van der Waals surface area (Å²) in [6.45, 7) is 12.8. The van der Waals surface area contributed by atoms with Gasteiger partial charge in [0.1, 0.15) is 23.3 Å². The number of nitrogens with one attached hydrogen (secondary N) is 4. The molecule has 0 aromatic carbocycles. The van der Waals surface area contributed by atoms with Gasteiger partial charge in [-0.3, -0.25) is 21.3 Å². The Morgan fingerprint density at radius 3 is 0.780 bits per heavy atom. The van der Waals surface area contributed by atoms with Gasteiger partial charge in [-0.2, -0.15) is 0 Å². The van der Waals surface area contributed by atoms with Crippen molar-refractivity contribution in [3.63, 3.8) is 0 Å². The van der Waals surface area contributed by atoms with Crippen LogP contribution in [0.4, 0.5) is 42.4 Å². The highest BCUT2D eigenvalue weighted by Gasteiger charge is 2.14. The Balaban J connectivity index is 0.760. The molecule has 0 radical (unpaired) electrons. The number of rotatable bonds is 29. The minimum Gasteiger partial charge on any atom is -0.449 e. The van der Waals surface area contributed by atoms with E-state index in [1.165, 1.54) is 0 Å². The number of nitrogens with zero attached hydrogens (tertiary/aromatic N) is 10. The van der Waals surface area contributed by atoms with E-state index in [1.807, 2.05) is 100 Å². The Labute approximate surface area is 476 Å². The van der Waals surface area contributed by atoms with E-state index in [0.29, 0.717) is 97.7 Å². The van der Waals surface area contributed by atoms with Gasteiger partial charge in [-0.15, -0.1) is 0 Å². The molecule has 8 heterocycles. The number of unbranched alkanes of at least 4 members (excludes halogenated alkanes) is 5. The summed E-state index contributed by atoms with van der Waals surface area (Å²) in [7, 11) is 0. The van der Waals surface area contributed by atoms with Crippen LogP contribution >= 0.6 is 0 Å². The summed E-state index contributed by atoms with van der Waals surface area (Å²) in [6, 6.07) is 29.7. The zero-order chi connectivity index (χ0) is 57.5. The highest BCUT2D eigenvalue weighted by molar-refractivity contribution is 5.88. The largest absolute Gasteiger partial charge is 0.449 e. The van der Waals surface area contributed by atoms with Gasteiger partial charge in [-0.05, 0) is 176 Å². The highest BCUT2D eigenvalue weighted by Crippen LogP contribution is 2.19. The lowest BCUT2D eigenvalue weighted by Crippen LogP contribution is -2.30.